The van der Waals surface area contributed by atoms with Crippen molar-refractivity contribution in [2.45, 2.75) is 62.5 Å². The highest BCUT2D eigenvalue weighted by atomic mass is 16.7. The maximum absolute atomic E-state index is 9.67. The number of aliphatic hydroxyl groups excluding tert-OH is 1. The fraction of sp³-hybridized carbons (Fsp3) is 1.00. The highest BCUT2D eigenvalue weighted by Crippen LogP contribution is 2.44. The summed E-state index contributed by atoms with van der Waals surface area (Å²) < 4.78 is 17.2. The molecule has 19 heavy (non-hydrogen) atoms. The Bertz CT molecular complexity index is 283. The molecule has 5 heteroatoms. The van der Waals surface area contributed by atoms with Crippen LogP contribution in [-0.2, 0) is 14.2 Å². The molecule has 0 aromatic rings. The van der Waals surface area contributed by atoms with E-state index in [1.165, 1.54) is 6.42 Å². The smallest absolute Gasteiger partial charge is 0.158 e. The molecule has 2 unspecified atom stereocenters. The molecular formula is C14H25NO4. The summed E-state index contributed by atoms with van der Waals surface area (Å²) in [6, 6.07) is 0.357. The van der Waals surface area contributed by atoms with Gasteiger partial charge in [-0.15, -0.1) is 0 Å². The van der Waals surface area contributed by atoms with E-state index in [1.54, 1.807) is 0 Å². The Morgan fingerprint density at radius 2 is 2.16 bits per heavy atom. The Hall–Kier alpha value is -0.200. The lowest BCUT2D eigenvalue weighted by atomic mass is 10.1. The van der Waals surface area contributed by atoms with Gasteiger partial charge in [-0.3, -0.25) is 0 Å². The summed E-state index contributed by atoms with van der Waals surface area (Å²) in [5, 5.41) is 13.2. The van der Waals surface area contributed by atoms with Gasteiger partial charge in [0.2, 0.25) is 0 Å². The van der Waals surface area contributed by atoms with Crippen molar-refractivity contribution in [2.24, 2.45) is 0 Å². The van der Waals surface area contributed by atoms with E-state index < -0.39 is 0 Å². The highest BCUT2D eigenvalue weighted by Gasteiger charge is 2.52. The Kier molecular flexibility index (Phi) is 4.39. The molecule has 2 saturated heterocycles. The molecule has 3 aliphatic rings. The zero-order chi connectivity index (χ0) is 13.1. The van der Waals surface area contributed by atoms with Crippen molar-refractivity contribution in [3.8, 4) is 0 Å². The lowest BCUT2D eigenvalue weighted by molar-refractivity contribution is -0.205. The second-order valence-electron chi connectivity index (χ2n) is 5.94. The van der Waals surface area contributed by atoms with Crippen LogP contribution in [0.4, 0.5) is 0 Å². The Labute approximate surface area is 114 Å². The molecule has 0 radical (unpaired) electrons. The fourth-order valence-electron chi connectivity index (χ4n) is 3.06. The molecule has 2 N–H and O–H groups in total. The van der Waals surface area contributed by atoms with Gasteiger partial charge in [0.05, 0.1) is 24.9 Å². The van der Waals surface area contributed by atoms with Gasteiger partial charge in [-0.05, 0) is 38.5 Å². The van der Waals surface area contributed by atoms with Crippen molar-refractivity contribution in [3.05, 3.63) is 0 Å². The topological polar surface area (TPSA) is 60.0 Å². The molecule has 110 valence electrons. The van der Waals surface area contributed by atoms with E-state index in [9.17, 15) is 5.11 Å². The minimum absolute atomic E-state index is 0.00438. The summed E-state index contributed by atoms with van der Waals surface area (Å²) in [5.74, 6) is 0. The standard InChI is InChI=1S/C14H25NO4/c16-9-12(15-11-4-8-17-10-11)14(5-6-14)19-13-3-1-2-7-18-13/h11-13,15-16H,1-10H2/t11?,12-,13?/m1/s1. The average Bonchev–Trinajstić information content (AvgIpc) is 3.03. The quantitative estimate of drug-likeness (QED) is 0.748. The number of hydrogen-bond acceptors (Lipinski definition) is 5. The molecule has 0 bridgehead atoms. The van der Waals surface area contributed by atoms with E-state index >= 15 is 0 Å². The largest absolute Gasteiger partial charge is 0.395 e. The molecule has 1 saturated carbocycles. The first-order valence-electron chi connectivity index (χ1n) is 7.56. The Morgan fingerprint density at radius 1 is 1.26 bits per heavy atom. The third-order valence-electron chi connectivity index (χ3n) is 4.43. The SMILES string of the molecule is OC[C@@H](NC1CCOC1)C1(OC2CCCCO2)CC1. The lowest BCUT2D eigenvalue weighted by Crippen LogP contribution is -2.52. The molecule has 3 fully saturated rings. The van der Waals surface area contributed by atoms with Crippen LogP contribution in [0.5, 0.6) is 0 Å². The summed E-state index contributed by atoms with van der Waals surface area (Å²) >= 11 is 0. The van der Waals surface area contributed by atoms with Gasteiger partial charge < -0.3 is 24.6 Å². The number of ether oxygens (including phenoxy) is 3. The van der Waals surface area contributed by atoms with Crippen LogP contribution < -0.4 is 5.32 Å². The number of nitrogens with one attached hydrogen (secondary N) is 1. The molecule has 3 rings (SSSR count). The normalized spacial score (nSPS) is 35.2. The van der Waals surface area contributed by atoms with E-state index in [-0.39, 0.29) is 24.5 Å². The monoisotopic (exact) mass is 271 g/mol. The van der Waals surface area contributed by atoms with E-state index in [1.807, 2.05) is 0 Å². The number of hydrogen-bond donors (Lipinski definition) is 2. The minimum Gasteiger partial charge on any atom is -0.395 e. The molecule has 2 heterocycles. The van der Waals surface area contributed by atoms with Gasteiger partial charge in [0, 0.05) is 19.3 Å². The summed E-state index contributed by atoms with van der Waals surface area (Å²) in [5.41, 5.74) is -0.209. The predicted molar refractivity (Wildman–Crippen MR) is 69.9 cm³/mol. The van der Waals surface area contributed by atoms with E-state index in [0.717, 1.165) is 51.9 Å². The first-order chi connectivity index (χ1) is 9.32. The van der Waals surface area contributed by atoms with Crippen molar-refractivity contribution >= 4 is 0 Å². The van der Waals surface area contributed by atoms with Gasteiger partial charge in [0.15, 0.2) is 6.29 Å². The third kappa shape index (κ3) is 3.28. The molecule has 0 aromatic heterocycles. The number of aliphatic hydroxyl groups is 1. The summed E-state index contributed by atoms with van der Waals surface area (Å²) in [6.07, 6.45) is 6.26. The molecule has 0 spiro atoms. The predicted octanol–water partition coefficient (Wildman–Crippen LogP) is 0.802. The summed E-state index contributed by atoms with van der Waals surface area (Å²) in [4.78, 5) is 0. The minimum atomic E-state index is -0.209. The van der Waals surface area contributed by atoms with Crippen molar-refractivity contribution < 1.29 is 19.3 Å². The Morgan fingerprint density at radius 3 is 2.74 bits per heavy atom. The van der Waals surface area contributed by atoms with Gasteiger partial charge >= 0.3 is 0 Å². The van der Waals surface area contributed by atoms with Crippen molar-refractivity contribution in [1.29, 1.82) is 0 Å². The van der Waals surface area contributed by atoms with Crippen LogP contribution in [0.2, 0.25) is 0 Å². The average molecular weight is 271 g/mol. The van der Waals surface area contributed by atoms with Gasteiger partial charge in [-0.2, -0.15) is 0 Å². The second-order valence-corrected chi connectivity index (χ2v) is 5.94. The fourth-order valence-corrected chi connectivity index (χ4v) is 3.06. The van der Waals surface area contributed by atoms with E-state index in [0.29, 0.717) is 6.04 Å². The van der Waals surface area contributed by atoms with Gasteiger partial charge in [-0.25, -0.2) is 0 Å². The summed E-state index contributed by atoms with van der Waals surface area (Å²) in [7, 11) is 0. The molecular weight excluding hydrogens is 246 g/mol. The molecule has 1 aliphatic carbocycles. The van der Waals surface area contributed by atoms with Crippen LogP contribution in [0.3, 0.4) is 0 Å². The highest BCUT2D eigenvalue weighted by molar-refractivity contribution is 5.06. The maximum atomic E-state index is 9.67. The van der Waals surface area contributed by atoms with Crippen LogP contribution >= 0.6 is 0 Å². The van der Waals surface area contributed by atoms with Crippen LogP contribution in [0.1, 0.15) is 38.5 Å². The van der Waals surface area contributed by atoms with Gasteiger partial charge in [0.1, 0.15) is 0 Å². The van der Waals surface area contributed by atoms with Crippen molar-refractivity contribution in [2.75, 3.05) is 26.4 Å². The second kappa shape index (κ2) is 6.06. The number of rotatable bonds is 6. The Balaban J connectivity index is 1.54. The first-order valence-corrected chi connectivity index (χ1v) is 7.56. The first kappa shape index (κ1) is 13.8. The van der Waals surface area contributed by atoms with Gasteiger partial charge in [0.25, 0.3) is 0 Å². The third-order valence-corrected chi connectivity index (χ3v) is 4.43. The van der Waals surface area contributed by atoms with E-state index in [4.69, 9.17) is 14.2 Å². The van der Waals surface area contributed by atoms with E-state index in [2.05, 4.69) is 5.32 Å². The van der Waals surface area contributed by atoms with Crippen molar-refractivity contribution in [1.82, 2.24) is 5.32 Å². The van der Waals surface area contributed by atoms with Crippen LogP contribution in [0, 0.1) is 0 Å². The molecule has 2 aliphatic heterocycles. The zero-order valence-corrected chi connectivity index (χ0v) is 11.5. The lowest BCUT2D eigenvalue weighted by Gasteiger charge is -2.33. The molecule has 5 nitrogen and oxygen atoms in total. The zero-order valence-electron chi connectivity index (χ0n) is 11.5. The molecule has 0 amide bonds. The summed E-state index contributed by atoms with van der Waals surface area (Å²) in [6.45, 7) is 2.47. The van der Waals surface area contributed by atoms with Crippen LogP contribution in [0.25, 0.3) is 0 Å². The van der Waals surface area contributed by atoms with Crippen molar-refractivity contribution in [3.63, 3.8) is 0 Å². The molecule has 3 atom stereocenters. The van der Waals surface area contributed by atoms with Crippen LogP contribution in [0.15, 0.2) is 0 Å². The maximum Gasteiger partial charge on any atom is 0.158 e. The van der Waals surface area contributed by atoms with Crippen LogP contribution in [-0.4, -0.2) is 55.5 Å². The molecule has 0 aromatic carbocycles. The van der Waals surface area contributed by atoms with Gasteiger partial charge in [-0.1, -0.05) is 0 Å².